The van der Waals surface area contributed by atoms with Crippen LogP contribution in [0.2, 0.25) is 5.02 Å². The van der Waals surface area contributed by atoms with E-state index in [2.05, 4.69) is 4.99 Å². The number of nitrogens with zero attached hydrogens (tertiary/aromatic N) is 1. The maximum Gasteiger partial charge on any atom is 0.328 e. The van der Waals surface area contributed by atoms with E-state index < -0.39 is 12.0 Å². The van der Waals surface area contributed by atoms with Gasteiger partial charge in [0.15, 0.2) is 0 Å². The van der Waals surface area contributed by atoms with Crippen LogP contribution in [0.5, 0.6) is 0 Å². The van der Waals surface area contributed by atoms with Crippen molar-refractivity contribution in [3.05, 3.63) is 34.9 Å². The number of aliphatic imine (C=N–C) groups is 1. The summed E-state index contributed by atoms with van der Waals surface area (Å²) in [6, 6.07) is 6.73. The SMILES string of the molecule is O=C(O)[C@H]1CCC(c2ccc(Cl)cc2)=N1. The Balaban J connectivity index is 2.22. The number of halogens is 1. The second-order valence-electron chi connectivity index (χ2n) is 3.48. The van der Waals surface area contributed by atoms with Crippen molar-refractivity contribution in [1.29, 1.82) is 0 Å². The molecule has 2 rings (SSSR count). The lowest BCUT2D eigenvalue weighted by atomic mass is 10.1. The molecule has 0 saturated heterocycles. The van der Waals surface area contributed by atoms with Gasteiger partial charge < -0.3 is 5.11 Å². The van der Waals surface area contributed by atoms with Crippen molar-refractivity contribution in [3.8, 4) is 0 Å². The molecule has 15 heavy (non-hydrogen) atoms. The van der Waals surface area contributed by atoms with Crippen LogP contribution < -0.4 is 0 Å². The van der Waals surface area contributed by atoms with Crippen molar-refractivity contribution in [3.63, 3.8) is 0 Å². The quantitative estimate of drug-likeness (QED) is 0.837. The van der Waals surface area contributed by atoms with Crippen LogP contribution in [0, 0.1) is 0 Å². The lowest BCUT2D eigenvalue weighted by molar-refractivity contribution is -0.138. The van der Waals surface area contributed by atoms with Crippen LogP contribution in [0.1, 0.15) is 18.4 Å². The summed E-state index contributed by atoms with van der Waals surface area (Å²) in [4.78, 5) is 14.9. The summed E-state index contributed by atoms with van der Waals surface area (Å²) in [5, 5.41) is 9.47. The number of hydrogen-bond donors (Lipinski definition) is 1. The zero-order valence-electron chi connectivity index (χ0n) is 7.98. The first kappa shape index (κ1) is 10.2. The zero-order chi connectivity index (χ0) is 10.8. The second kappa shape index (κ2) is 4.03. The first-order valence-electron chi connectivity index (χ1n) is 4.72. The topological polar surface area (TPSA) is 49.7 Å². The number of hydrogen-bond acceptors (Lipinski definition) is 2. The van der Waals surface area contributed by atoms with E-state index >= 15 is 0 Å². The summed E-state index contributed by atoms with van der Waals surface area (Å²) in [7, 11) is 0. The fourth-order valence-electron chi connectivity index (χ4n) is 1.63. The number of rotatable bonds is 2. The van der Waals surface area contributed by atoms with Crippen LogP contribution >= 0.6 is 11.6 Å². The van der Waals surface area contributed by atoms with Crippen LogP contribution in [0.25, 0.3) is 0 Å². The largest absolute Gasteiger partial charge is 0.480 e. The minimum Gasteiger partial charge on any atom is -0.480 e. The third-order valence-electron chi connectivity index (χ3n) is 2.43. The highest BCUT2D eigenvalue weighted by molar-refractivity contribution is 6.30. The molecule has 0 aromatic heterocycles. The fourth-order valence-corrected chi connectivity index (χ4v) is 1.76. The molecule has 0 radical (unpaired) electrons. The molecule has 0 bridgehead atoms. The molecule has 1 aromatic rings. The summed E-state index contributed by atoms with van der Waals surface area (Å²) in [5.74, 6) is -0.848. The molecule has 4 heteroatoms. The van der Waals surface area contributed by atoms with Gasteiger partial charge in [0.05, 0.1) is 0 Å². The van der Waals surface area contributed by atoms with Gasteiger partial charge in [-0.3, -0.25) is 4.99 Å². The Morgan fingerprint density at radius 2 is 2.07 bits per heavy atom. The third-order valence-corrected chi connectivity index (χ3v) is 2.68. The summed E-state index contributed by atoms with van der Waals surface area (Å²) in [5.41, 5.74) is 1.82. The zero-order valence-corrected chi connectivity index (χ0v) is 8.74. The van der Waals surface area contributed by atoms with Gasteiger partial charge in [0.25, 0.3) is 0 Å². The van der Waals surface area contributed by atoms with Gasteiger partial charge in [-0.15, -0.1) is 0 Å². The normalized spacial score (nSPS) is 20.1. The number of benzene rings is 1. The van der Waals surface area contributed by atoms with Crippen LogP contribution in [0.15, 0.2) is 29.3 Å². The number of carbonyl (C=O) groups is 1. The third kappa shape index (κ3) is 2.18. The average Bonchev–Trinajstić information content (AvgIpc) is 2.68. The van der Waals surface area contributed by atoms with Crippen molar-refractivity contribution < 1.29 is 9.90 Å². The lowest BCUT2D eigenvalue weighted by Crippen LogP contribution is -2.13. The van der Waals surface area contributed by atoms with E-state index in [1.165, 1.54) is 0 Å². The van der Waals surface area contributed by atoms with Crippen LogP contribution in [0.3, 0.4) is 0 Å². The summed E-state index contributed by atoms with van der Waals surface area (Å²) in [6.45, 7) is 0. The summed E-state index contributed by atoms with van der Waals surface area (Å²) in [6.07, 6.45) is 1.31. The molecule has 1 atom stereocenters. The van der Waals surface area contributed by atoms with Gasteiger partial charge in [-0.1, -0.05) is 23.7 Å². The van der Waals surface area contributed by atoms with Gasteiger partial charge in [-0.25, -0.2) is 4.79 Å². The lowest BCUT2D eigenvalue weighted by Gasteiger charge is -1.99. The van der Waals surface area contributed by atoms with Gasteiger partial charge in [0.2, 0.25) is 0 Å². The van der Waals surface area contributed by atoms with E-state index in [9.17, 15) is 4.79 Å². The number of carboxylic acid groups (broad SMARTS) is 1. The van der Waals surface area contributed by atoms with E-state index in [0.29, 0.717) is 11.4 Å². The molecule has 0 unspecified atom stereocenters. The van der Waals surface area contributed by atoms with E-state index in [1.54, 1.807) is 12.1 Å². The summed E-state index contributed by atoms with van der Waals surface area (Å²) < 4.78 is 0. The van der Waals surface area contributed by atoms with Gasteiger partial charge >= 0.3 is 5.97 Å². The summed E-state index contributed by atoms with van der Waals surface area (Å²) >= 11 is 5.76. The maximum atomic E-state index is 10.7. The van der Waals surface area contributed by atoms with Crippen LogP contribution in [-0.2, 0) is 4.79 Å². The fraction of sp³-hybridized carbons (Fsp3) is 0.273. The molecule has 0 spiro atoms. The molecule has 0 saturated carbocycles. The van der Waals surface area contributed by atoms with E-state index in [4.69, 9.17) is 16.7 Å². The van der Waals surface area contributed by atoms with Crippen LogP contribution in [-0.4, -0.2) is 22.8 Å². The molecule has 1 heterocycles. The Hall–Kier alpha value is -1.35. The molecule has 0 fully saturated rings. The highest BCUT2D eigenvalue weighted by Crippen LogP contribution is 2.20. The standard InChI is InChI=1S/C11H10ClNO2/c12-8-3-1-7(2-4-8)9-5-6-10(13-9)11(14)15/h1-4,10H,5-6H2,(H,14,15)/t10-/m1/s1. The first-order valence-corrected chi connectivity index (χ1v) is 5.10. The van der Waals surface area contributed by atoms with Crippen molar-refractivity contribution in [2.45, 2.75) is 18.9 Å². The molecule has 0 aliphatic carbocycles. The van der Waals surface area contributed by atoms with Crippen molar-refractivity contribution in [1.82, 2.24) is 0 Å². The minimum absolute atomic E-state index is 0.573. The van der Waals surface area contributed by atoms with Gasteiger partial charge in [-0.05, 0) is 30.5 Å². The molecule has 0 amide bonds. The van der Waals surface area contributed by atoms with Crippen molar-refractivity contribution >= 4 is 23.3 Å². The van der Waals surface area contributed by atoms with Gasteiger partial charge in [-0.2, -0.15) is 0 Å². The Morgan fingerprint density at radius 1 is 1.40 bits per heavy atom. The second-order valence-corrected chi connectivity index (χ2v) is 3.91. The number of carboxylic acids is 1. The van der Waals surface area contributed by atoms with E-state index in [-0.39, 0.29) is 0 Å². The Morgan fingerprint density at radius 3 is 2.60 bits per heavy atom. The number of aliphatic carboxylic acids is 1. The Labute approximate surface area is 92.4 Å². The van der Waals surface area contributed by atoms with Crippen LogP contribution in [0.4, 0.5) is 0 Å². The predicted molar refractivity (Wildman–Crippen MR) is 58.6 cm³/mol. The molecule has 78 valence electrons. The maximum absolute atomic E-state index is 10.7. The molecular weight excluding hydrogens is 214 g/mol. The predicted octanol–water partition coefficient (Wildman–Crippen LogP) is 2.38. The van der Waals surface area contributed by atoms with Gasteiger partial charge in [0.1, 0.15) is 6.04 Å². The monoisotopic (exact) mass is 223 g/mol. The molecular formula is C11H10ClNO2. The smallest absolute Gasteiger partial charge is 0.328 e. The molecule has 1 aliphatic rings. The average molecular weight is 224 g/mol. The molecule has 3 nitrogen and oxygen atoms in total. The Bertz CT molecular complexity index is 411. The minimum atomic E-state index is -0.848. The van der Waals surface area contributed by atoms with Crippen molar-refractivity contribution in [2.75, 3.05) is 0 Å². The highest BCUT2D eigenvalue weighted by Gasteiger charge is 2.23. The molecule has 1 aliphatic heterocycles. The van der Waals surface area contributed by atoms with Crippen molar-refractivity contribution in [2.24, 2.45) is 4.99 Å². The Kier molecular flexibility index (Phi) is 2.73. The molecule has 1 N–H and O–H groups in total. The van der Waals surface area contributed by atoms with E-state index in [0.717, 1.165) is 17.7 Å². The van der Waals surface area contributed by atoms with E-state index in [1.807, 2.05) is 12.1 Å². The van der Waals surface area contributed by atoms with Gasteiger partial charge in [0, 0.05) is 10.7 Å². The first-order chi connectivity index (χ1) is 7.16. The molecule has 1 aromatic carbocycles. The highest BCUT2D eigenvalue weighted by atomic mass is 35.5.